The summed E-state index contributed by atoms with van der Waals surface area (Å²) in [7, 11) is 0. The predicted octanol–water partition coefficient (Wildman–Crippen LogP) is 6.74. The Morgan fingerprint density at radius 3 is 2.55 bits per heavy atom. The number of halogens is 3. The molecule has 0 radical (unpaired) electrons. The van der Waals surface area contributed by atoms with Gasteiger partial charge in [-0.1, -0.05) is 29.8 Å². The average molecular weight is 616 g/mol. The summed E-state index contributed by atoms with van der Waals surface area (Å²) in [6.45, 7) is 2.87. The molecule has 0 saturated carbocycles. The van der Waals surface area contributed by atoms with Gasteiger partial charge in [-0.15, -0.1) is 0 Å². The van der Waals surface area contributed by atoms with Crippen molar-refractivity contribution in [2.24, 2.45) is 0 Å². The van der Waals surface area contributed by atoms with Crippen LogP contribution in [0.5, 0.6) is 11.5 Å². The molecule has 3 rings (SSSR count). The second-order valence-corrected chi connectivity index (χ2v) is 8.95. The molecule has 5 nitrogen and oxygen atoms in total. The number of hydrogen-bond donors (Lipinski definition) is 2. The lowest BCUT2D eigenvalue weighted by atomic mass is 10.2. The highest BCUT2D eigenvalue weighted by molar-refractivity contribution is 14.1. The van der Waals surface area contributed by atoms with Crippen molar-refractivity contribution in [1.82, 2.24) is 0 Å². The van der Waals surface area contributed by atoms with Crippen molar-refractivity contribution < 1.29 is 14.3 Å². The number of para-hydroxylation sites is 1. The molecule has 0 aliphatic carbocycles. The molecule has 0 unspecified atom stereocenters. The van der Waals surface area contributed by atoms with E-state index in [1.165, 1.54) is 0 Å². The van der Waals surface area contributed by atoms with Gasteiger partial charge in [0.25, 0.3) is 5.91 Å². The summed E-state index contributed by atoms with van der Waals surface area (Å²) in [4.78, 5) is 12.2. The summed E-state index contributed by atoms with van der Waals surface area (Å²) in [5.41, 5.74) is 2.66. The summed E-state index contributed by atoms with van der Waals surface area (Å²) in [6, 6.07) is 18.9. The summed E-state index contributed by atoms with van der Waals surface area (Å²) in [6.07, 6.45) is 0. The summed E-state index contributed by atoms with van der Waals surface area (Å²) >= 11 is 11.7. The number of nitrogens with one attached hydrogen (secondary N) is 2. The zero-order chi connectivity index (χ0) is 22.2. The van der Waals surface area contributed by atoms with Gasteiger partial charge in [-0.25, -0.2) is 0 Å². The van der Waals surface area contributed by atoms with Gasteiger partial charge in [-0.2, -0.15) is 0 Å². The van der Waals surface area contributed by atoms with Gasteiger partial charge >= 0.3 is 0 Å². The maximum absolute atomic E-state index is 12.2. The quantitative estimate of drug-likeness (QED) is 0.262. The van der Waals surface area contributed by atoms with E-state index in [4.69, 9.17) is 21.1 Å². The molecular weight excluding hydrogens is 595 g/mol. The monoisotopic (exact) mass is 614 g/mol. The fourth-order valence-electron chi connectivity index (χ4n) is 2.79. The smallest absolute Gasteiger partial charge is 0.262 e. The SMILES string of the molecule is CCOc1cc(CNc2ccc(Br)c(Cl)c2)cc(I)c1OCC(=O)Nc1ccccc1. The second-order valence-electron chi connectivity index (χ2n) is 6.52. The first-order valence-electron chi connectivity index (χ1n) is 9.58. The lowest BCUT2D eigenvalue weighted by Crippen LogP contribution is -2.20. The number of ether oxygens (including phenoxy) is 2. The topological polar surface area (TPSA) is 59.6 Å². The van der Waals surface area contributed by atoms with E-state index in [0.29, 0.717) is 29.7 Å². The summed E-state index contributed by atoms with van der Waals surface area (Å²) in [5, 5.41) is 6.81. The molecule has 0 fully saturated rings. The molecule has 0 aromatic heterocycles. The van der Waals surface area contributed by atoms with Crippen molar-refractivity contribution in [1.29, 1.82) is 0 Å². The third-order valence-electron chi connectivity index (χ3n) is 4.19. The van der Waals surface area contributed by atoms with Crippen LogP contribution in [-0.4, -0.2) is 19.1 Å². The van der Waals surface area contributed by atoms with E-state index >= 15 is 0 Å². The minimum atomic E-state index is -0.234. The van der Waals surface area contributed by atoms with E-state index in [-0.39, 0.29) is 12.5 Å². The molecule has 31 heavy (non-hydrogen) atoms. The van der Waals surface area contributed by atoms with Gasteiger partial charge in [0.2, 0.25) is 0 Å². The Morgan fingerprint density at radius 1 is 1.06 bits per heavy atom. The van der Waals surface area contributed by atoms with Crippen LogP contribution in [0.3, 0.4) is 0 Å². The van der Waals surface area contributed by atoms with Crippen molar-refractivity contribution in [2.45, 2.75) is 13.5 Å². The van der Waals surface area contributed by atoms with Crippen LogP contribution in [0.1, 0.15) is 12.5 Å². The van der Waals surface area contributed by atoms with Crippen LogP contribution < -0.4 is 20.1 Å². The molecule has 0 spiro atoms. The molecule has 0 atom stereocenters. The van der Waals surface area contributed by atoms with Crippen molar-refractivity contribution in [3.05, 3.63) is 79.3 Å². The normalized spacial score (nSPS) is 10.5. The van der Waals surface area contributed by atoms with Gasteiger partial charge in [0.1, 0.15) is 0 Å². The van der Waals surface area contributed by atoms with Gasteiger partial charge in [-0.05, 0) is 93.5 Å². The fourth-order valence-corrected chi connectivity index (χ4v) is 4.04. The minimum absolute atomic E-state index is 0.111. The molecule has 162 valence electrons. The maximum Gasteiger partial charge on any atom is 0.262 e. The van der Waals surface area contributed by atoms with Crippen LogP contribution >= 0.6 is 50.1 Å². The largest absolute Gasteiger partial charge is 0.490 e. The lowest BCUT2D eigenvalue weighted by Gasteiger charge is -2.16. The number of carbonyl (C=O) groups is 1. The first kappa shape index (κ1) is 23.7. The van der Waals surface area contributed by atoms with Crippen LogP contribution in [0.4, 0.5) is 11.4 Å². The number of amides is 1. The third-order valence-corrected chi connectivity index (χ3v) is 6.22. The predicted molar refractivity (Wildman–Crippen MR) is 137 cm³/mol. The number of hydrogen-bond acceptors (Lipinski definition) is 4. The number of benzene rings is 3. The van der Waals surface area contributed by atoms with Gasteiger partial charge in [-0.3, -0.25) is 4.79 Å². The van der Waals surface area contributed by atoms with E-state index in [2.05, 4.69) is 49.2 Å². The Morgan fingerprint density at radius 2 is 1.84 bits per heavy atom. The lowest BCUT2D eigenvalue weighted by molar-refractivity contribution is -0.118. The molecule has 2 N–H and O–H groups in total. The molecule has 0 bridgehead atoms. The highest BCUT2D eigenvalue weighted by atomic mass is 127. The first-order chi connectivity index (χ1) is 15.0. The molecule has 1 amide bonds. The molecule has 3 aromatic rings. The number of rotatable bonds is 9. The van der Waals surface area contributed by atoms with Crippen LogP contribution in [0, 0.1) is 3.57 Å². The second kappa shape index (κ2) is 11.6. The first-order valence-corrected chi connectivity index (χ1v) is 11.8. The van der Waals surface area contributed by atoms with Crippen LogP contribution in [0.2, 0.25) is 5.02 Å². The zero-order valence-electron chi connectivity index (χ0n) is 16.8. The van der Waals surface area contributed by atoms with Gasteiger partial charge in [0.15, 0.2) is 18.1 Å². The Balaban J connectivity index is 1.67. The highest BCUT2D eigenvalue weighted by Gasteiger charge is 2.14. The van der Waals surface area contributed by atoms with Gasteiger partial charge in [0.05, 0.1) is 15.2 Å². The van der Waals surface area contributed by atoms with Crippen LogP contribution in [0.15, 0.2) is 65.1 Å². The van der Waals surface area contributed by atoms with Crippen LogP contribution in [0.25, 0.3) is 0 Å². The molecule has 0 saturated heterocycles. The van der Waals surface area contributed by atoms with E-state index in [0.717, 1.165) is 25.0 Å². The van der Waals surface area contributed by atoms with E-state index in [1.807, 2.05) is 67.6 Å². The van der Waals surface area contributed by atoms with E-state index in [1.54, 1.807) is 0 Å². The summed E-state index contributed by atoms with van der Waals surface area (Å²) in [5.74, 6) is 0.927. The van der Waals surface area contributed by atoms with Crippen molar-refractivity contribution >= 4 is 67.4 Å². The maximum atomic E-state index is 12.2. The standard InChI is InChI=1S/C23H21BrClIN2O3/c1-2-30-21-11-15(13-27-17-8-9-18(24)19(25)12-17)10-20(26)23(21)31-14-22(29)28-16-6-4-3-5-7-16/h3-12,27H,2,13-14H2,1H3,(H,28,29). The Kier molecular flexibility index (Phi) is 8.86. The molecule has 3 aromatic carbocycles. The molecule has 8 heteroatoms. The number of anilines is 2. The molecule has 0 heterocycles. The Hall–Kier alpha value is -1.97. The van der Waals surface area contributed by atoms with Gasteiger partial charge in [0, 0.05) is 22.4 Å². The highest BCUT2D eigenvalue weighted by Crippen LogP contribution is 2.35. The zero-order valence-corrected chi connectivity index (χ0v) is 21.3. The molecule has 0 aliphatic rings. The Labute approximate surface area is 208 Å². The molecule has 0 aliphatic heterocycles. The summed E-state index contributed by atoms with van der Waals surface area (Å²) < 4.78 is 13.3. The van der Waals surface area contributed by atoms with Crippen LogP contribution in [-0.2, 0) is 11.3 Å². The Bertz CT molecular complexity index is 1050. The van der Waals surface area contributed by atoms with Gasteiger partial charge < -0.3 is 20.1 Å². The minimum Gasteiger partial charge on any atom is -0.490 e. The van der Waals surface area contributed by atoms with Crippen molar-refractivity contribution in [3.8, 4) is 11.5 Å². The number of carbonyl (C=O) groups excluding carboxylic acids is 1. The van der Waals surface area contributed by atoms with Crippen molar-refractivity contribution in [2.75, 3.05) is 23.8 Å². The fraction of sp³-hybridized carbons (Fsp3) is 0.174. The average Bonchev–Trinajstić information content (AvgIpc) is 2.75. The van der Waals surface area contributed by atoms with E-state index < -0.39 is 0 Å². The van der Waals surface area contributed by atoms with E-state index in [9.17, 15) is 4.79 Å². The molecular formula is C23H21BrClIN2O3. The third kappa shape index (κ3) is 7.02. The van der Waals surface area contributed by atoms with Crippen molar-refractivity contribution in [3.63, 3.8) is 0 Å².